The number of methoxy groups -OCH3 is 1. The predicted molar refractivity (Wildman–Crippen MR) is 123 cm³/mol. The van der Waals surface area contributed by atoms with Crippen molar-refractivity contribution in [2.24, 2.45) is 0 Å². The summed E-state index contributed by atoms with van der Waals surface area (Å²) < 4.78 is 39.6. The van der Waals surface area contributed by atoms with Crippen LogP contribution in [0.1, 0.15) is 5.56 Å². The molecule has 3 rings (SSSR count). The van der Waals surface area contributed by atoms with E-state index in [2.05, 4.69) is 32.6 Å². The van der Waals surface area contributed by atoms with Gasteiger partial charge in [-0.3, -0.25) is 10.0 Å². The first kappa shape index (κ1) is 21.9. The molecule has 0 atom stereocenters. The van der Waals surface area contributed by atoms with E-state index in [0.717, 1.165) is 9.13 Å². The van der Waals surface area contributed by atoms with Gasteiger partial charge in [0.25, 0.3) is 10.0 Å². The number of benzene rings is 3. The number of halogens is 1. The highest BCUT2D eigenvalue weighted by Gasteiger charge is 2.21. The van der Waals surface area contributed by atoms with Crippen molar-refractivity contribution in [3.63, 3.8) is 0 Å². The fourth-order valence-electron chi connectivity index (χ4n) is 2.57. The van der Waals surface area contributed by atoms with Gasteiger partial charge in [-0.25, -0.2) is 13.2 Å². The average molecular weight is 538 g/mol. The van der Waals surface area contributed by atoms with E-state index in [-0.39, 0.29) is 22.9 Å². The van der Waals surface area contributed by atoms with Crippen molar-refractivity contribution >= 4 is 50.1 Å². The van der Waals surface area contributed by atoms with Crippen molar-refractivity contribution in [3.8, 4) is 5.75 Å². The molecule has 0 spiro atoms. The number of hydrogen-bond acceptors (Lipinski definition) is 5. The third-order valence-corrected chi connectivity index (χ3v) is 6.13. The van der Waals surface area contributed by atoms with Gasteiger partial charge in [0.05, 0.1) is 7.11 Å². The fourth-order valence-corrected chi connectivity index (χ4v) is 4.18. The van der Waals surface area contributed by atoms with Crippen LogP contribution in [-0.4, -0.2) is 21.6 Å². The van der Waals surface area contributed by atoms with Crippen LogP contribution in [0.2, 0.25) is 0 Å². The first-order valence-electron chi connectivity index (χ1n) is 8.81. The lowest BCUT2D eigenvalue weighted by atomic mass is 10.2. The molecule has 1 amide bonds. The average Bonchev–Trinajstić information content (AvgIpc) is 2.74. The van der Waals surface area contributed by atoms with Gasteiger partial charge < -0.3 is 9.47 Å². The Morgan fingerprint density at radius 2 is 1.63 bits per heavy atom. The van der Waals surface area contributed by atoms with E-state index in [1.54, 1.807) is 24.3 Å². The van der Waals surface area contributed by atoms with Gasteiger partial charge in [-0.2, -0.15) is 0 Å². The van der Waals surface area contributed by atoms with Gasteiger partial charge in [0, 0.05) is 14.9 Å². The predicted octanol–water partition coefficient (Wildman–Crippen LogP) is 4.85. The maximum Gasteiger partial charge on any atom is 0.411 e. The lowest BCUT2D eigenvalue weighted by molar-refractivity contribution is 0.155. The molecular formula is C21H19IN2O5S. The Balaban J connectivity index is 1.75. The van der Waals surface area contributed by atoms with Crippen LogP contribution in [0.3, 0.4) is 0 Å². The summed E-state index contributed by atoms with van der Waals surface area (Å²) in [4.78, 5) is 12.0. The molecular weight excluding hydrogens is 519 g/mol. The van der Waals surface area contributed by atoms with Crippen molar-refractivity contribution in [2.75, 3.05) is 17.1 Å². The molecule has 9 heteroatoms. The topological polar surface area (TPSA) is 93.7 Å². The summed E-state index contributed by atoms with van der Waals surface area (Å²) in [5.41, 5.74) is 1.52. The van der Waals surface area contributed by atoms with Crippen LogP contribution in [0.15, 0.2) is 77.7 Å². The number of carbonyl (C=O) groups excluding carboxylic acids is 1. The Hall–Kier alpha value is -2.79. The largest absolute Gasteiger partial charge is 0.495 e. The normalized spacial score (nSPS) is 10.9. The van der Waals surface area contributed by atoms with Crippen molar-refractivity contribution in [1.29, 1.82) is 0 Å². The van der Waals surface area contributed by atoms with Crippen molar-refractivity contribution in [2.45, 2.75) is 11.5 Å². The number of hydrogen-bond donors (Lipinski definition) is 2. The Bertz CT molecular complexity index is 1120. The number of rotatable bonds is 7. The molecule has 2 N–H and O–H groups in total. The SMILES string of the molecule is COc1ccc(NC(=O)OCc2ccccc2)cc1S(=O)(=O)Nc1ccc(I)cc1. The molecule has 0 heterocycles. The summed E-state index contributed by atoms with van der Waals surface area (Å²) in [5.74, 6) is 0.149. The molecule has 30 heavy (non-hydrogen) atoms. The minimum absolute atomic E-state index is 0.0995. The van der Waals surface area contributed by atoms with Gasteiger partial charge in [0.2, 0.25) is 0 Å². The fraction of sp³-hybridized carbons (Fsp3) is 0.0952. The highest BCUT2D eigenvalue weighted by atomic mass is 127. The molecule has 0 saturated carbocycles. The van der Waals surface area contributed by atoms with Crippen LogP contribution in [0.25, 0.3) is 0 Å². The molecule has 156 valence electrons. The molecule has 3 aromatic carbocycles. The van der Waals surface area contributed by atoms with E-state index in [4.69, 9.17) is 9.47 Å². The first-order valence-corrected chi connectivity index (χ1v) is 11.4. The summed E-state index contributed by atoms with van der Waals surface area (Å²) in [5, 5.41) is 2.54. The van der Waals surface area contributed by atoms with Gasteiger partial charge in [0.15, 0.2) is 0 Å². The lowest BCUT2D eigenvalue weighted by Gasteiger charge is -2.14. The minimum atomic E-state index is -3.95. The smallest absolute Gasteiger partial charge is 0.411 e. The summed E-state index contributed by atoms with van der Waals surface area (Å²) >= 11 is 2.13. The Morgan fingerprint density at radius 1 is 0.967 bits per heavy atom. The number of ether oxygens (including phenoxy) is 2. The second-order valence-corrected chi connectivity index (χ2v) is 9.06. The third kappa shape index (κ3) is 5.86. The highest BCUT2D eigenvalue weighted by molar-refractivity contribution is 14.1. The Morgan fingerprint density at radius 3 is 2.30 bits per heavy atom. The van der Waals surface area contributed by atoms with Crippen LogP contribution in [-0.2, 0) is 21.4 Å². The molecule has 0 fully saturated rings. The zero-order valence-electron chi connectivity index (χ0n) is 16.0. The van der Waals surface area contributed by atoms with E-state index < -0.39 is 16.1 Å². The summed E-state index contributed by atoms with van der Waals surface area (Å²) in [6.45, 7) is 0.0995. The quantitative estimate of drug-likeness (QED) is 0.420. The van der Waals surface area contributed by atoms with Gasteiger partial charge in [-0.05, 0) is 70.6 Å². The number of sulfonamides is 1. The summed E-state index contributed by atoms with van der Waals surface area (Å²) in [6, 6.07) is 20.4. The highest BCUT2D eigenvalue weighted by Crippen LogP contribution is 2.29. The number of carbonyl (C=O) groups is 1. The number of amides is 1. The van der Waals surface area contributed by atoms with E-state index >= 15 is 0 Å². The first-order chi connectivity index (χ1) is 14.4. The van der Waals surface area contributed by atoms with E-state index in [9.17, 15) is 13.2 Å². The second kappa shape index (κ2) is 9.81. The van der Waals surface area contributed by atoms with Gasteiger partial charge in [-0.15, -0.1) is 0 Å². The molecule has 0 bridgehead atoms. The number of anilines is 2. The molecule has 3 aromatic rings. The Labute approximate surface area is 188 Å². The van der Waals surface area contributed by atoms with Crippen molar-refractivity contribution in [1.82, 2.24) is 0 Å². The molecule has 0 aromatic heterocycles. The van der Waals surface area contributed by atoms with Gasteiger partial charge in [-0.1, -0.05) is 30.3 Å². The van der Waals surface area contributed by atoms with Crippen LogP contribution in [0.4, 0.5) is 16.2 Å². The monoisotopic (exact) mass is 538 g/mol. The molecule has 0 aliphatic heterocycles. The molecule has 0 aliphatic carbocycles. The number of nitrogens with one attached hydrogen (secondary N) is 2. The van der Waals surface area contributed by atoms with Crippen molar-refractivity contribution < 1.29 is 22.7 Å². The standard InChI is InChI=1S/C21H19IN2O5S/c1-28-19-12-11-18(23-21(25)29-14-15-5-3-2-4-6-15)13-20(19)30(26,27)24-17-9-7-16(22)8-10-17/h2-13,24H,14H2,1H3,(H,23,25). The van der Waals surface area contributed by atoms with Gasteiger partial charge in [0.1, 0.15) is 17.3 Å². The van der Waals surface area contributed by atoms with E-state index in [1.807, 2.05) is 30.3 Å². The van der Waals surface area contributed by atoms with E-state index in [0.29, 0.717) is 5.69 Å². The maximum atomic E-state index is 12.9. The van der Waals surface area contributed by atoms with Crippen molar-refractivity contribution in [3.05, 3.63) is 81.9 Å². The molecule has 0 saturated heterocycles. The summed E-state index contributed by atoms with van der Waals surface area (Å²) in [7, 11) is -2.58. The zero-order valence-corrected chi connectivity index (χ0v) is 18.9. The zero-order chi connectivity index (χ0) is 21.6. The van der Waals surface area contributed by atoms with Crippen LogP contribution in [0, 0.1) is 3.57 Å². The molecule has 7 nitrogen and oxygen atoms in total. The second-order valence-electron chi connectivity index (χ2n) is 6.16. The summed E-state index contributed by atoms with van der Waals surface area (Å²) in [6.07, 6.45) is -0.696. The lowest BCUT2D eigenvalue weighted by Crippen LogP contribution is -2.16. The molecule has 0 aliphatic rings. The molecule has 0 radical (unpaired) electrons. The van der Waals surface area contributed by atoms with Gasteiger partial charge >= 0.3 is 6.09 Å². The van der Waals surface area contributed by atoms with E-state index in [1.165, 1.54) is 25.3 Å². The maximum absolute atomic E-state index is 12.9. The Kier molecular flexibility index (Phi) is 7.16. The van der Waals surface area contributed by atoms with Crippen LogP contribution < -0.4 is 14.8 Å². The van der Waals surface area contributed by atoms with Crippen LogP contribution in [0.5, 0.6) is 5.75 Å². The molecule has 0 unspecified atom stereocenters. The van der Waals surface area contributed by atoms with Crippen LogP contribution >= 0.6 is 22.6 Å². The third-order valence-electron chi connectivity index (χ3n) is 4.01. The minimum Gasteiger partial charge on any atom is -0.495 e.